The second kappa shape index (κ2) is 13.1. The van der Waals surface area contributed by atoms with E-state index in [2.05, 4.69) is 22.1 Å². The number of amides is 2. The normalized spacial score (nSPS) is 16.3. The molecular weight excluding hydrogens is 561 g/mol. The molecule has 206 valence electrons. The molecule has 2 heterocycles. The predicted molar refractivity (Wildman–Crippen MR) is 152 cm³/mol. The smallest absolute Gasteiger partial charge is 0.407 e. The van der Waals surface area contributed by atoms with Gasteiger partial charge in [0.05, 0.1) is 29.8 Å². The Hall–Kier alpha value is -3.39. The van der Waals surface area contributed by atoms with Crippen molar-refractivity contribution in [3.63, 3.8) is 0 Å². The third-order valence-electron chi connectivity index (χ3n) is 5.90. The summed E-state index contributed by atoms with van der Waals surface area (Å²) < 4.78 is 38.0. The zero-order chi connectivity index (χ0) is 27.8. The Morgan fingerprint density at radius 3 is 2.44 bits per heavy atom. The molecule has 0 spiro atoms. The summed E-state index contributed by atoms with van der Waals surface area (Å²) in [7, 11) is -3.15. The lowest BCUT2D eigenvalue weighted by molar-refractivity contribution is -0.123. The number of nitrogens with one attached hydrogen (secondary N) is 3. The summed E-state index contributed by atoms with van der Waals surface area (Å²) in [4.78, 5) is 30.4. The molecule has 1 aliphatic rings. The maximum absolute atomic E-state index is 13.5. The SMILES string of the molecule is COC(=O)N[C@H](Cc1ccccc1)C(=O)NC(Cc1ccc(NS(=O)(=O)O)cc1)c1csc(C2CC=CS2)n1. The molecule has 2 aromatic carbocycles. The minimum absolute atomic E-state index is 0.203. The molecule has 2 unspecified atom stereocenters. The van der Waals surface area contributed by atoms with Crippen LogP contribution in [0.5, 0.6) is 0 Å². The van der Waals surface area contributed by atoms with Crippen molar-refractivity contribution < 1.29 is 27.3 Å². The molecule has 0 aliphatic carbocycles. The van der Waals surface area contributed by atoms with Crippen LogP contribution in [0.1, 0.15) is 39.5 Å². The Balaban J connectivity index is 1.57. The lowest BCUT2D eigenvalue weighted by Crippen LogP contribution is -2.49. The van der Waals surface area contributed by atoms with E-state index >= 15 is 0 Å². The quantitative estimate of drug-likeness (QED) is 0.241. The Labute approximate surface area is 235 Å². The van der Waals surface area contributed by atoms with Gasteiger partial charge in [0, 0.05) is 11.8 Å². The van der Waals surface area contributed by atoms with E-state index in [4.69, 9.17) is 14.3 Å². The van der Waals surface area contributed by atoms with Crippen molar-refractivity contribution in [2.75, 3.05) is 11.8 Å². The number of aromatic nitrogens is 1. The summed E-state index contributed by atoms with van der Waals surface area (Å²) in [6.07, 6.45) is 2.89. The number of benzene rings is 2. The summed E-state index contributed by atoms with van der Waals surface area (Å²) in [6.45, 7) is 0. The molecule has 10 nitrogen and oxygen atoms in total. The number of methoxy groups -OCH3 is 1. The highest BCUT2D eigenvalue weighted by Crippen LogP contribution is 2.40. The van der Waals surface area contributed by atoms with Crippen LogP contribution >= 0.6 is 23.1 Å². The number of carbonyl (C=O) groups excluding carboxylic acids is 2. The average Bonchev–Trinajstić information content (AvgIpc) is 3.61. The number of rotatable bonds is 11. The second-order valence-corrected chi connectivity index (χ2v) is 11.9. The van der Waals surface area contributed by atoms with Crippen molar-refractivity contribution >= 4 is 51.1 Å². The van der Waals surface area contributed by atoms with Gasteiger partial charge in [0.1, 0.15) is 11.0 Å². The van der Waals surface area contributed by atoms with Crippen LogP contribution in [0.2, 0.25) is 0 Å². The number of ether oxygens (including phenoxy) is 1. The number of hydrogen-bond donors (Lipinski definition) is 4. The average molecular weight is 589 g/mol. The predicted octanol–water partition coefficient (Wildman–Crippen LogP) is 4.42. The molecule has 3 atom stereocenters. The summed E-state index contributed by atoms with van der Waals surface area (Å²) in [5, 5.41) is 10.8. The van der Waals surface area contributed by atoms with Gasteiger partial charge in [-0.3, -0.25) is 14.1 Å². The van der Waals surface area contributed by atoms with E-state index in [9.17, 15) is 18.0 Å². The Morgan fingerprint density at radius 1 is 1.08 bits per heavy atom. The van der Waals surface area contributed by atoms with E-state index < -0.39 is 34.4 Å². The Kier molecular flexibility index (Phi) is 9.62. The van der Waals surface area contributed by atoms with E-state index in [1.54, 1.807) is 23.9 Å². The summed E-state index contributed by atoms with van der Waals surface area (Å²) >= 11 is 3.23. The van der Waals surface area contributed by atoms with E-state index in [1.807, 2.05) is 40.4 Å². The standard InChI is InChI=1S/C26H28N4O6S3/c1-36-26(32)29-21(15-17-6-3-2-4-7-17)24(31)27-20(22-16-38-25(28-22)23-8-5-13-37-23)14-18-9-11-19(12-10-18)30-39(33,34)35/h2-7,9-13,16,20-21,23,30H,8,14-15H2,1H3,(H,27,31)(H,29,32)(H,33,34,35)/t20?,21-,23?/m1/s1. The minimum Gasteiger partial charge on any atom is -0.453 e. The number of carbonyl (C=O) groups is 2. The molecule has 0 saturated carbocycles. The van der Waals surface area contributed by atoms with Gasteiger partial charge in [0.25, 0.3) is 0 Å². The van der Waals surface area contributed by atoms with Gasteiger partial charge in [-0.05, 0) is 41.5 Å². The van der Waals surface area contributed by atoms with Crippen LogP contribution in [0.4, 0.5) is 10.5 Å². The first-order valence-corrected chi connectivity index (χ1v) is 15.2. The molecule has 1 aliphatic heterocycles. The molecule has 0 fully saturated rings. The van der Waals surface area contributed by atoms with Crippen molar-refractivity contribution in [3.8, 4) is 0 Å². The Bertz CT molecular complexity index is 1400. The van der Waals surface area contributed by atoms with Gasteiger partial charge >= 0.3 is 16.4 Å². The zero-order valence-electron chi connectivity index (χ0n) is 20.9. The van der Waals surface area contributed by atoms with E-state index in [1.165, 1.54) is 30.6 Å². The van der Waals surface area contributed by atoms with Crippen LogP contribution < -0.4 is 15.4 Å². The highest BCUT2D eigenvalue weighted by atomic mass is 32.2. The molecule has 3 aromatic rings. The van der Waals surface area contributed by atoms with E-state index in [0.29, 0.717) is 12.1 Å². The summed E-state index contributed by atoms with van der Waals surface area (Å²) in [5.74, 6) is -0.398. The number of anilines is 1. The number of thioether (sulfide) groups is 1. The molecule has 1 aromatic heterocycles. The van der Waals surface area contributed by atoms with Crippen LogP contribution in [0.25, 0.3) is 0 Å². The van der Waals surface area contributed by atoms with Gasteiger partial charge in [0.2, 0.25) is 5.91 Å². The maximum Gasteiger partial charge on any atom is 0.407 e. The topological polar surface area (TPSA) is 147 Å². The molecule has 13 heteroatoms. The van der Waals surface area contributed by atoms with Crippen molar-refractivity contribution in [3.05, 3.63) is 93.3 Å². The first-order valence-electron chi connectivity index (χ1n) is 12.0. The summed E-state index contributed by atoms with van der Waals surface area (Å²) in [5.41, 5.74) is 2.56. The largest absolute Gasteiger partial charge is 0.453 e. The molecule has 4 N–H and O–H groups in total. The van der Waals surface area contributed by atoms with Gasteiger partial charge in [-0.25, -0.2) is 9.78 Å². The van der Waals surface area contributed by atoms with Crippen molar-refractivity contribution in [1.82, 2.24) is 15.6 Å². The minimum atomic E-state index is -4.39. The lowest BCUT2D eigenvalue weighted by Gasteiger charge is -2.23. The zero-order valence-corrected chi connectivity index (χ0v) is 23.4. The van der Waals surface area contributed by atoms with Crippen LogP contribution in [-0.4, -0.2) is 43.1 Å². The third kappa shape index (κ3) is 8.55. The van der Waals surface area contributed by atoms with E-state index in [0.717, 1.165) is 22.6 Å². The van der Waals surface area contributed by atoms with Crippen LogP contribution in [0.15, 0.2) is 71.5 Å². The monoisotopic (exact) mass is 588 g/mol. The first-order chi connectivity index (χ1) is 18.7. The van der Waals surface area contributed by atoms with Gasteiger partial charge < -0.3 is 15.4 Å². The fraction of sp³-hybridized carbons (Fsp3) is 0.269. The molecule has 39 heavy (non-hydrogen) atoms. The van der Waals surface area contributed by atoms with Crippen molar-refractivity contribution in [2.24, 2.45) is 0 Å². The van der Waals surface area contributed by atoms with Gasteiger partial charge in [-0.2, -0.15) is 8.42 Å². The van der Waals surface area contributed by atoms with Gasteiger partial charge in [-0.15, -0.1) is 23.1 Å². The molecule has 0 saturated heterocycles. The number of alkyl carbamates (subject to hydrolysis) is 1. The van der Waals surface area contributed by atoms with Crippen LogP contribution in [0.3, 0.4) is 0 Å². The maximum atomic E-state index is 13.5. The third-order valence-corrected chi connectivity index (χ3v) is 8.61. The number of nitrogens with zero attached hydrogens (tertiary/aromatic N) is 1. The van der Waals surface area contributed by atoms with Crippen LogP contribution in [-0.2, 0) is 32.7 Å². The van der Waals surface area contributed by atoms with Gasteiger partial charge in [0.15, 0.2) is 0 Å². The van der Waals surface area contributed by atoms with Crippen LogP contribution in [0, 0.1) is 0 Å². The first kappa shape index (κ1) is 28.6. The molecule has 2 amide bonds. The molecule has 4 rings (SSSR count). The number of thiazole rings is 1. The molecular formula is C26H28N4O6S3. The fourth-order valence-corrected chi connectivity index (χ4v) is 6.44. The fourth-order valence-electron chi connectivity index (χ4n) is 4.01. The molecule has 0 radical (unpaired) electrons. The van der Waals surface area contributed by atoms with E-state index in [-0.39, 0.29) is 17.4 Å². The lowest BCUT2D eigenvalue weighted by atomic mass is 10.0. The van der Waals surface area contributed by atoms with Gasteiger partial charge in [-0.1, -0.05) is 48.5 Å². The second-order valence-electron chi connectivity index (χ2n) is 8.76. The summed E-state index contributed by atoms with van der Waals surface area (Å²) in [6, 6.07) is 14.4. The highest BCUT2D eigenvalue weighted by Gasteiger charge is 2.27. The van der Waals surface area contributed by atoms with Crippen molar-refractivity contribution in [1.29, 1.82) is 0 Å². The molecule has 0 bridgehead atoms. The number of hydrogen-bond acceptors (Lipinski definition) is 8. The number of allylic oxidation sites excluding steroid dienone is 1. The Morgan fingerprint density at radius 2 is 1.79 bits per heavy atom. The van der Waals surface area contributed by atoms with Crippen molar-refractivity contribution in [2.45, 2.75) is 36.6 Å². The highest BCUT2D eigenvalue weighted by molar-refractivity contribution is 8.02.